The molecule has 5 nitrogen and oxygen atoms in total. The SMILES string of the molecule is NC(N)=Nc1cncc(Cl)n1. The van der Waals surface area contributed by atoms with Gasteiger partial charge in [-0.25, -0.2) is 4.98 Å². The van der Waals surface area contributed by atoms with Crippen LogP contribution in [0, 0.1) is 0 Å². The molecule has 0 fully saturated rings. The maximum Gasteiger partial charge on any atom is 0.192 e. The van der Waals surface area contributed by atoms with Gasteiger partial charge >= 0.3 is 0 Å². The van der Waals surface area contributed by atoms with Crippen molar-refractivity contribution in [3.05, 3.63) is 17.5 Å². The fourth-order valence-corrected chi connectivity index (χ4v) is 0.662. The maximum atomic E-state index is 5.50. The van der Waals surface area contributed by atoms with Crippen LogP contribution in [0.25, 0.3) is 0 Å². The summed E-state index contributed by atoms with van der Waals surface area (Å²) in [6, 6.07) is 0. The summed E-state index contributed by atoms with van der Waals surface area (Å²) in [5.74, 6) is 0.235. The first-order chi connectivity index (χ1) is 5.18. The number of hydrogen-bond donors (Lipinski definition) is 2. The van der Waals surface area contributed by atoms with E-state index in [0.717, 1.165) is 0 Å². The van der Waals surface area contributed by atoms with Gasteiger partial charge in [-0.3, -0.25) is 4.98 Å². The van der Waals surface area contributed by atoms with E-state index >= 15 is 0 Å². The van der Waals surface area contributed by atoms with Crippen LogP contribution in [0.2, 0.25) is 5.15 Å². The van der Waals surface area contributed by atoms with E-state index in [1.54, 1.807) is 0 Å². The molecule has 11 heavy (non-hydrogen) atoms. The van der Waals surface area contributed by atoms with E-state index in [9.17, 15) is 0 Å². The highest BCUT2D eigenvalue weighted by atomic mass is 35.5. The molecule has 4 N–H and O–H groups in total. The summed E-state index contributed by atoms with van der Waals surface area (Å²) in [4.78, 5) is 11.1. The van der Waals surface area contributed by atoms with Crippen molar-refractivity contribution in [2.75, 3.05) is 0 Å². The summed E-state index contributed by atoms with van der Waals surface area (Å²) in [7, 11) is 0. The van der Waals surface area contributed by atoms with Crippen molar-refractivity contribution >= 4 is 23.4 Å². The van der Waals surface area contributed by atoms with Crippen molar-refractivity contribution in [3.8, 4) is 0 Å². The lowest BCUT2D eigenvalue weighted by Crippen LogP contribution is -2.22. The summed E-state index contributed by atoms with van der Waals surface area (Å²) in [6.45, 7) is 0. The molecule has 0 aliphatic carbocycles. The number of halogens is 1. The summed E-state index contributed by atoms with van der Waals surface area (Å²) >= 11 is 5.50. The quantitative estimate of drug-likeness (QED) is 0.461. The number of nitrogens with two attached hydrogens (primary N) is 2. The lowest BCUT2D eigenvalue weighted by molar-refractivity contribution is 1.17. The van der Waals surface area contributed by atoms with Gasteiger partial charge in [0.05, 0.1) is 12.4 Å². The minimum absolute atomic E-state index is 0.0680. The first-order valence-corrected chi connectivity index (χ1v) is 3.13. The first kappa shape index (κ1) is 7.74. The molecular formula is C5H6ClN5. The molecule has 1 rings (SSSR count). The standard InChI is InChI=1S/C5H6ClN5/c6-3-1-9-2-4(10-3)11-5(7)8/h1-2H,(H4,7,8,10,11). The van der Waals surface area contributed by atoms with Crippen molar-refractivity contribution in [2.45, 2.75) is 0 Å². The zero-order valence-corrected chi connectivity index (χ0v) is 6.28. The lowest BCUT2D eigenvalue weighted by atomic mass is 10.7. The van der Waals surface area contributed by atoms with Gasteiger partial charge in [-0.2, -0.15) is 4.99 Å². The van der Waals surface area contributed by atoms with Crippen molar-refractivity contribution < 1.29 is 0 Å². The van der Waals surface area contributed by atoms with Crippen LogP contribution in [-0.4, -0.2) is 15.9 Å². The molecule has 0 aromatic carbocycles. The minimum atomic E-state index is -0.0680. The van der Waals surface area contributed by atoms with Gasteiger partial charge in [-0.1, -0.05) is 11.6 Å². The van der Waals surface area contributed by atoms with Crippen LogP contribution in [0.3, 0.4) is 0 Å². The zero-order valence-electron chi connectivity index (χ0n) is 5.53. The summed E-state index contributed by atoms with van der Waals surface area (Å²) in [6.07, 6.45) is 2.80. The van der Waals surface area contributed by atoms with Crippen LogP contribution >= 0.6 is 11.6 Å². The van der Waals surface area contributed by atoms with E-state index in [-0.39, 0.29) is 11.1 Å². The van der Waals surface area contributed by atoms with Gasteiger partial charge in [-0.05, 0) is 0 Å². The van der Waals surface area contributed by atoms with Gasteiger partial charge in [0.1, 0.15) is 5.15 Å². The number of nitrogens with zero attached hydrogens (tertiary/aromatic N) is 3. The number of guanidine groups is 1. The number of aliphatic imine (C=N–C) groups is 1. The average molecular weight is 172 g/mol. The van der Waals surface area contributed by atoms with Crippen LogP contribution < -0.4 is 11.5 Å². The van der Waals surface area contributed by atoms with Crippen LogP contribution in [-0.2, 0) is 0 Å². The molecule has 0 radical (unpaired) electrons. The van der Waals surface area contributed by atoms with Gasteiger partial charge in [0.15, 0.2) is 11.8 Å². The molecule has 0 aliphatic heterocycles. The fraction of sp³-hybridized carbons (Fsp3) is 0. The Bertz CT molecular complexity index is 280. The highest BCUT2D eigenvalue weighted by molar-refractivity contribution is 6.29. The Hall–Kier alpha value is -1.36. The lowest BCUT2D eigenvalue weighted by Gasteiger charge is -1.92. The van der Waals surface area contributed by atoms with E-state index in [1.165, 1.54) is 12.4 Å². The monoisotopic (exact) mass is 171 g/mol. The topological polar surface area (TPSA) is 90.2 Å². The molecule has 6 heteroatoms. The molecule has 1 heterocycles. The molecule has 0 aliphatic rings. The summed E-state index contributed by atoms with van der Waals surface area (Å²) in [5, 5.41) is 0.257. The summed E-state index contributed by atoms with van der Waals surface area (Å²) in [5.41, 5.74) is 10.2. The second-order valence-corrected chi connectivity index (χ2v) is 2.12. The second-order valence-electron chi connectivity index (χ2n) is 1.74. The highest BCUT2D eigenvalue weighted by Gasteiger charge is 1.92. The molecule has 0 bridgehead atoms. The average Bonchev–Trinajstić information content (AvgIpc) is 1.85. The Morgan fingerprint density at radius 1 is 1.45 bits per heavy atom. The predicted octanol–water partition coefficient (Wildman–Crippen LogP) is 0.0349. The van der Waals surface area contributed by atoms with Gasteiger partial charge in [-0.15, -0.1) is 0 Å². The van der Waals surface area contributed by atoms with E-state index in [0.29, 0.717) is 5.82 Å². The number of aromatic nitrogens is 2. The molecule has 0 atom stereocenters. The van der Waals surface area contributed by atoms with Crippen molar-refractivity contribution in [2.24, 2.45) is 16.5 Å². The van der Waals surface area contributed by atoms with E-state index in [4.69, 9.17) is 23.1 Å². The van der Waals surface area contributed by atoms with Crippen molar-refractivity contribution in [1.29, 1.82) is 0 Å². The summed E-state index contributed by atoms with van der Waals surface area (Å²) < 4.78 is 0. The zero-order chi connectivity index (χ0) is 8.27. The molecule has 1 aromatic heterocycles. The Morgan fingerprint density at radius 3 is 2.73 bits per heavy atom. The second kappa shape index (κ2) is 3.16. The Kier molecular flexibility index (Phi) is 2.22. The molecule has 1 aromatic rings. The molecule has 0 amide bonds. The molecule has 0 saturated carbocycles. The third kappa shape index (κ3) is 2.38. The van der Waals surface area contributed by atoms with Crippen LogP contribution in [0.4, 0.5) is 5.82 Å². The fourth-order valence-electron chi connectivity index (χ4n) is 0.519. The Labute approximate surface area is 68.1 Å². The van der Waals surface area contributed by atoms with Crippen LogP contribution in [0.15, 0.2) is 17.4 Å². The van der Waals surface area contributed by atoms with Crippen molar-refractivity contribution in [1.82, 2.24) is 9.97 Å². The molecule has 0 spiro atoms. The van der Waals surface area contributed by atoms with E-state index in [2.05, 4.69) is 15.0 Å². The molecule has 0 saturated heterocycles. The Morgan fingerprint density at radius 2 is 2.18 bits per heavy atom. The normalized spacial score (nSPS) is 9.18. The predicted molar refractivity (Wildman–Crippen MR) is 42.5 cm³/mol. The van der Waals surface area contributed by atoms with Gasteiger partial charge in [0, 0.05) is 0 Å². The van der Waals surface area contributed by atoms with Crippen molar-refractivity contribution in [3.63, 3.8) is 0 Å². The molecule has 58 valence electrons. The minimum Gasteiger partial charge on any atom is -0.370 e. The third-order valence-electron chi connectivity index (χ3n) is 0.836. The van der Waals surface area contributed by atoms with Gasteiger partial charge in [0.25, 0.3) is 0 Å². The van der Waals surface area contributed by atoms with Gasteiger partial charge < -0.3 is 11.5 Å². The Balaban J connectivity index is 2.97. The smallest absolute Gasteiger partial charge is 0.192 e. The highest BCUT2D eigenvalue weighted by Crippen LogP contribution is 2.08. The van der Waals surface area contributed by atoms with E-state index < -0.39 is 0 Å². The van der Waals surface area contributed by atoms with Gasteiger partial charge in [0.2, 0.25) is 0 Å². The molecular weight excluding hydrogens is 166 g/mol. The molecule has 0 unspecified atom stereocenters. The first-order valence-electron chi connectivity index (χ1n) is 2.75. The van der Waals surface area contributed by atoms with Crippen LogP contribution in [0.1, 0.15) is 0 Å². The maximum absolute atomic E-state index is 5.50. The third-order valence-corrected chi connectivity index (χ3v) is 1.02. The largest absolute Gasteiger partial charge is 0.370 e. The van der Waals surface area contributed by atoms with E-state index in [1.807, 2.05) is 0 Å². The number of hydrogen-bond acceptors (Lipinski definition) is 3. The number of rotatable bonds is 1. The van der Waals surface area contributed by atoms with Crippen LogP contribution in [0.5, 0.6) is 0 Å².